The number of ether oxygens (including phenoxy) is 1. The Hall–Kier alpha value is -3.19. The Morgan fingerprint density at radius 2 is 1.83 bits per heavy atom. The number of thioether (sulfide) groups is 1. The van der Waals surface area contributed by atoms with Crippen LogP contribution in [0.4, 0.5) is 5.69 Å². The van der Waals surface area contributed by atoms with Gasteiger partial charge in [-0.25, -0.2) is 9.97 Å². The molecule has 3 aromatic rings. The van der Waals surface area contributed by atoms with Crippen molar-refractivity contribution in [2.45, 2.75) is 18.9 Å². The maximum Gasteiger partial charge on any atom is 0.234 e. The summed E-state index contributed by atoms with van der Waals surface area (Å²) in [6, 6.07) is 16.3. The summed E-state index contributed by atoms with van der Waals surface area (Å²) in [5.41, 5.74) is 2.86. The van der Waals surface area contributed by atoms with Gasteiger partial charge in [-0.2, -0.15) is 0 Å². The van der Waals surface area contributed by atoms with Gasteiger partial charge in [0.25, 0.3) is 0 Å². The summed E-state index contributed by atoms with van der Waals surface area (Å²) in [6.45, 7) is 3.39. The number of nitrogens with one attached hydrogen (secondary N) is 1. The second kappa shape index (κ2) is 9.34. The van der Waals surface area contributed by atoms with Crippen molar-refractivity contribution in [2.24, 2.45) is 0 Å². The van der Waals surface area contributed by atoms with Gasteiger partial charge in [-0.1, -0.05) is 23.9 Å². The van der Waals surface area contributed by atoms with Crippen molar-refractivity contribution in [1.29, 1.82) is 0 Å². The highest BCUT2D eigenvalue weighted by Gasteiger charge is 2.10. The van der Waals surface area contributed by atoms with Crippen molar-refractivity contribution in [3.05, 3.63) is 65.9 Å². The number of hydrogen-bond donors (Lipinski definition) is 1. The average molecular weight is 407 g/mol. The molecular weight excluding hydrogens is 386 g/mol. The number of aryl methyl sites for hydroxylation is 1. The summed E-state index contributed by atoms with van der Waals surface area (Å²) in [5, 5.41) is 3.53. The van der Waals surface area contributed by atoms with Gasteiger partial charge >= 0.3 is 0 Å². The fourth-order valence-corrected chi connectivity index (χ4v) is 3.39. The van der Waals surface area contributed by atoms with E-state index in [1.807, 2.05) is 37.3 Å². The smallest absolute Gasteiger partial charge is 0.234 e. The van der Waals surface area contributed by atoms with Gasteiger partial charge in [0.15, 0.2) is 11.6 Å². The minimum Gasteiger partial charge on any atom is -0.497 e. The van der Waals surface area contributed by atoms with E-state index in [0.717, 1.165) is 22.0 Å². The van der Waals surface area contributed by atoms with Gasteiger partial charge in [-0.3, -0.25) is 9.59 Å². The molecule has 7 heteroatoms. The van der Waals surface area contributed by atoms with Crippen LogP contribution in [-0.4, -0.2) is 34.5 Å². The number of hydrogen-bond acceptors (Lipinski definition) is 6. The van der Waals surface area contributed by atoms with E-state index in [0.29, 0.717) is 17.1 Å². The van der Waals surface area contributed by atoms with E-state index in [-0.39, 0.29) is 17.4 Å². The largest absolute Gasteiger partial charge is 0.497 e. The second-order valence-corrected chi connectivity index (χ2v) is 7.37. The van der Waals surface area contributed by atoms with E-state index in [1.54, 1.807) is 31.4 Å². The molecule has 2 aromatic carbocycles. The van der Waals surface area contributed by atoms with E-state index in [9.17, 15) is 9.59 Å². The SMILES string of the molecule is COc1ccc(-c2nc(C)cc(SCC(=O)Nc3cccc(C(C)=O)c3)n2)cc1. The molecule has 0 atom stereocenters. The molecule has 6 nitrogen and oxygen atoms in total. The van der Waals surface area contributed by atoms with Crippen molar-refractivity contribution in [1.82, 2.24) is 9.97 Å². The molecule has 0 bridgehead atoms. The monoisotopic (exact) mass is 407 g/mol. The van der Waals surface area contributed by atoms with Crippen LogP contribution in [0, 0.1) is 6.92 Å². The Labute approximate surface area is 173 Å². The molecule has 0 aliphatic carbocycles. The third kappa shape index (κ3) is 5.65. The number of anilines is 1. The van der Waals surface area contributed by atoms with Gasteiger partial charge < -0.3 is 10.1 Å². The summed E-state index contributed by atoms with van der Waals surface area (Å²) in [5.74, 6) is 1.35. The molecule has 0 aliphatic rings. The Morgan fingerprint density at radius 3 is 2.52 bits per heavy atom. The molecular formula is C22H21N3O3S. The highest BCUT2D eigenvalue weighted by atomic mass is 32.2. The van der Waals surface area contributed by atoms with Crippen molar-refractivity contribution in [3.8, 4) is 17.1 Å². The summed E-state index contributed by atoms with van der Waals surface area (Å²) in [6.07, 6.45) is 0. The number of aromatic nitrogens is 2. The molecule has 3 rings (SSSR count). The first-order valence-corrected chi connectivity index (χ1v) is 9.97. The van der Waals surface area contributed by atoms with Gasteiger partial charge in [0, 0.05) is 22.5 Å². The summed E-state index contributed by atoms with van der Waals surface area (Å²) in [4.78, 5) is 32.8. The van der Waals surface area contributed by atoms with E-state index in [1.165, 1.54) is 18.7 Å². The molecule has 1 N–H and O–H groups in total. The quantitative estimate of drug-likeness (QED) is 0.355. The van der Waals surface area contributed by atoms with Gasteiger partial charge in [0.2, 0.25) is 5.91 Å². The van der Waals surface area contributed by atoms with Crippen LogP contribution in [0.5, 0.6) is 5.75 Å². The van der Waals surface area contributed by atoms with Gasteiger partial charge in [-0.15, -0.1) is 0 Å². The number of carbonyl (C=O) groups excluding carboxylic acids is 2. The fourth-order valence-electron chi connectivity index (χ4n) is 2.64. The van der Waals surface area contributed by atoms with Crippen LogP contribution >= 0.6 is 11.8 Å². The number of ketones is 1. The second-order valence-electron chi connectivity index (χ2n) is 6.37. The van der Waals surface area contributed by atoms with E-state index in [4.69, 9.17) is 4.74 Å². The maximum absolute atomic E-state index is 12.3. The lowest BCUT2D eigenvalue weighted by molar-refractivity contribution is -0.113. The zero-order valence-electron chi connectivity index (χ0n) is 16.4. The van der Waals surface area contributed by atoms with Crippen molar-refractivity contribution < 1.29 is 14.3 Å². The van der Waals surface area contributed by atoms with E-state index >= 15 is 0 Å². The first-order chi connectivity index (χ1) is 13.9. The molecule has 0 fully saturated rings. The molecule has 0 unspecified atom stereocenters. The van der Waals surface area contributed by atoms with Gasteiger partial charge in [0.05, 0.1) is 12.9 Å². The molecule has 0 radical (unpaired) electrons. The normalized spacial score (nSPS) is 10.4. The zero-order valence-corrected chi connectivity index (χ0v) is 17.2. The van der Waals surface area contributed by atoms with Crippen LogP contribution in [0.15, 0.2) is 59.6 Å². The van der Waals surface area contributed by atoms with Crippen LogP contribution in [0.3, 0.4) is 0 Å². The molecule has 0 spiro atoms. The zero-order chi connectivity index (χ0) is 20.8. The summed E-state index contributed by atoms with van der Waals surface area (Å²) < 4.78 is 5.18. The molecule has 148 valence electrons. The molecule has 0 saturated carbocycles. The highest BCUT2D eigenvalue weighted by Crippen LogP contribution is 2.23. The Bertz CT molecular complexity index is 1040. The maximum atomic E-state index is 12.3. The van der Waals surface area contributed by atoms with Crippen LogP contribution in [0.25, 0.3) is 11.4 Å². The molecule has 1 amide bonds. The molecule has 29 heavy (non-hydrogen) atoms. The summed E-state index contributed by atoms with van der Waals surface area (Å²) >= 11 is 1.33. The first-order valence-electron chi connectivity index (χ1n) is 8.98. The average Bonchev–Trinajstić information content (AvgIpc) is 2.72. The number of nitrogens with zero attached hydrogens (tertiary/aromatic N) is 2. The minimum absolute atomic E-state index is 0.0435. The number of methoxy groups -OCH3 is 1. The van der Waals surface area contributed by atoms with Crippen molar-refractivity contribution in [3.63, 3.8) is 0 Å². The highest BCUT2D eigenvalue weighted by molar-refractivity contribution is 7.99. The number of carbonyl (C=O) groups is 2. The third-order valence-electron chi connectivity index (χ3n) is 4.08. The molecule has 0 aliphatic heterocycles. The Morgan fingerprint density at radius 1 is 1.07 bits per heavy atom. The number of rotatable bonds is 7. The lowest BCUT2D eigenvalue weighted by atomic mass is 10.1. The lowest BCUT2D eigenvalue weighted by Crippen LogP contribution is -2.14. The predicted molar refractivity (Wildman–Crippen MR) is 115 cm³/mol. The van der Waals surface area contributed by atoms with Gasteiger partial charge in [-0.05, 0) is 56.3 Å². The van der Waals surface area contributed by atoms with E-state index < -0.39 is 0 Å². The Balaban J connectivity index is 1.67. The van der Waals surface area contributed by atoms with Crippen molar-refractivity contribution >= 4 is 29.1 Å². The van der Waals surface area contributed by atoms with Crippen molar-refractivity contribution in [2.75, 3.05) is 18.2 Å². The fraction of sp³-hybridized carbons (Fsp3) is 0.182. The van der Waals surface area contributed by atoms with E-state index in [2.05, 4.69) is 15.3 Å². The van der Waals surface area contributed by atoms with Crippen LogP contribution in [0.1, 0.15) is 23.0 Å². The third-order valence-corrected chi connectivity index (χ3v) is 4.99. The summed E-state index contributed by atoms with van der Waals surface area (Å²) in [7, 11) is 1.62. The van der Waals surface area contributed by atoms with Crippen LogP contribution < -0.4 is 10.1 Å². The first kappa shape index (κ1) is 20.5. The molecule has 1 aromatic heterocycles. The standard InChI is InChI=1S/C22H21N3O3S/c1-14-11-21(25-22(23-14)16-7-9-19(28-3)10-8-16)29-13-20(27)24-18-6-4-5-17(12-18)15(2)26/h4-12H,13H2,1-3H3,(H,24,27). The molecule has 1 heterocycles. The number of amides is 1. The number of Topliss-reactive ketones (excluding diaryl/α,β-unsaturated/α-hetero) is 1. The minimum atomic E-state index is -0.169. The lowest BCUT2D eigenvalue weighted by Gasteiger charge is -2.08. The number of benzene rings is 2. The molecule has 0 saturated heterocycles. The topological polar surface area (TPSA) is 81.2 Å². The predicted octanol–water partition coefficient (Wildman–Crippen LogP) is 4.39. The van der Waals surface area contributed by atoms with Gasteiger partial charge in [0.1, 0.15) is 10.8 Å². The Kier molecular flexibility index (Phi) is 6.61. The van der Waals surface area contributed by atoms with Crippen LogP contribution in [0.2, 0.25) is 0 Å². The van der Waals surface area contributed by atoms with Crippen LogP contribution in [-0.2, 0) is 4.79 Å².